The third-order valence-corrected chi connectivity index (χ3v) is 3.76. The van der Waals surface area contributed by atoms with Crippen molar-refractivity contribution in [3.63, 3.8) is 0 Å². The van der Waals surface area contributed by atoms with Gasteiger partial charge in [0.25, 0.3) is 9.05 Å². The molecule has 1 aromatic rings. The molecule has 1 aromatic carbocycles. The van der Waals surface area contributed by atoms with Crippen molar-refractivity contribution < 1.29 is 21.2 Å². The number of nitrogens with two attached hydrogens (primary N) is 1. The molecule has 0 fully saturated rings. The molecule has 84 valence electrons. The summed E-state index contributed by atoms with van der Waals surface area (Å²) in [5.74, 6) is -1.27. The largest absolute Gasteiger partial charge is 0.264 e. The molecule has 0 aromatic heterocycles. The van der Waals surface area contributed by atoms with Crippen LogP contribution in [0.25, 0.3) is 0 Å². The predicted octanol–water partition coefficient (Wildman–Crippen LogP) is 0.401. The third-order valence-electron chi connectivity index (χ3n) is 1.49. The number of hydrogen-bond donors (Lipinski definition) is 1. The second-order valence-electron chi connectivity index (χ2n) is 2.58. The summed E-state index contributed by atoms with van der Waals surface area (Å²) in [6.45, 7) is 0. The molecule has 0 aliphatic carbocycles. The quantitative estimate of drug-likeness (QED) is 0.789. The standard InChI is InChI=1S/C6H5ClFNO4S2/c7-14(10,11)6-2-1-4(3-5(6)8)15(9,12)13/h1-3H,(H2,9,12,13). The maximum absolute atomic E-state index is 13.1. The minimum absolute atomic E-state index is 0.491. The molecule has 0 atom stereocenters. The molecule has 1 rings (SSSR count). The van der Waals surface area contributed by atoms with Crippen LogP contribution in [-0.4, -0.2) is 16.8 Å². The van der Waals surface area contributed by atoms with E-state index in [-0.39, 0.29) is 0 Å². The summed E-state index contributed by atoms with van der Waals surface area (Å²) < 4.78 is 56.2. The van der Waals surface area contributed by atoms with Crippen LogP contribution in [0.2, 0.25) is 0 Å². The molecule has 0 heterocycles. The van der Waals surface area contributed by atoms with Gasteiger partial charge in [-0.3, -0.25) is 0 Å². The summed E-state index contributed by atoms with van der Waals surface area (Å²) >= 11 is 0. The average Bonchev–Trinajstić information content (AvgIpc) is 1.99. The summed E-state index contributed by atoms with van der Waals surface area (Å²) in [7, 11) is -3.42. The fourth-order valence-electron chi connectivity index (χ4n) is 0.856. The van der Waals surface area contributed by atoms with Gasteiger partial charge in [-0.2, -0.15) is 0 Å². The molecule has 0 unspecified atom stereocenters. The summed E-state index contributed by atoms with van der Waals surface area (Å²) in [4.78, 5) is -1.32. The van der Waals surface area contributed by atoms with Gasteiger partial charge in [0.1, 0.15) is 10.7 Å². The lowest BCUT2D eigenvalue weighted by atomic mass is 10.3. The number of halogens is 2. The van der Waals surface area contributed by atoms with Gasteiger partial charge in [0.15, 0.2) is 0 Å². The Kier molecular flexibility index (Phi) is 3.06. The van der Waals surface area contributed by atoms with Crippen molar-refractivity contribution in [3.8, 4) is 0 Å². The Bertz CT molecular complexity index is 596. The highest BCUT2D eigenvalue weighted by Gasteiger charge is 2.18. The Morgan fingerprint density at radius 1 is 1.20 bits per heavy atom. The van der Waals surface area contributed by atoms with Gasteiger partial charge in [-0.1, -0.05) is 0 Å². The third kappa shape index (κ3) is 2.88. The van der Waals surface area contributed by atoms with Gasteiger partial charge in [0, 0.05) is 10.7 Å². The molecule has 0 aliphatic rings. The van der Waals surface area contributed by atoms with Crippen molar-refractivity contribution in [1.29, 1.82) is 0 Å². The first-order valence-electron chi connectivity index (χ1n) is 3.39. The lowest BCUT2D eigenvalue weighted by Gasteiger charge is -2.01. The monoisotopic (exact) mass is 273 g/mol. The molecule has 15 heavy (non-hydrogen) atoms. The zero-order chi connectivity index (χ0) is 11.9. The second kappa shape index (κ2) is 3.71. The van der Waals surface area contributed by atoms with Gasteiger partial charge < -0.3 is 0 Å². The van der Waals surface area contributed by atoms with Gasteiger partial charge >= 0.3 is 0 Å². The second-order valence-corrected chi connectivity index (χ2v) is 6.67. The van der Waals surface area contributed by atoms with E-state index >= 15 is 0 Å². The van der Waals surface area contributed by atoms with E-state index < -0.39 is 34.7 Å². The fourth-order valence-corrected chi connectivity index (χ4v) is 2.28. The molecule has 0 saturated carbocycles. The van der Waals surface area contributed by atoms with Gasteiger partial charge in [0.05, 0.1) is 4.90 Å². The number of benzene rings is 1. The topological polar surface area (TPSA) is 94.3 Å². The van der Waals surface area contributed by atoms with Crippen LogP contribution in [0.5, 0.6) is 0 Å². The van der Waals surface area contributed by atoms with Crippen LogP contribution in [0.1, 0.15) is 0 Å². The van der Waals surface area contributed by atoms with Crippen molar-refractivity contribution in [2.24, 2.45) is 5.14 Å². The molecule has 2 N–H and O–H groups in total. The normalized spacial score (nSPS) is 12.7. The molecule has 0 spiro atoms. The number of primary sulfonamides is 1. The average molecular weight is 274 g/mol. The van der Waals surface area contributed by atoms with Crippen molar-refractivity contribution in [2.75, 3.05) is 0 Å². The Hall–Kier alpha value is -0.700. The van der Waals surface area contributed by atoms with E-state index in [2.05, 4.69) is 0 Å². The highest BCUT2D eigenvalue weighted by atomic mass is 35.7. The Labute approximate surface area is 90.1 Å². The van der Waals surface area contributed by atoms with Crippen molar-refractivity contribution in [3.05, 3.63) is 24.0 Å². The van der Waals surface area contributed by atoms with Crippen molar-refractivity contribution in [2.45, 2.75) is 9.79 Å². The SMILES string of the molecule is NS(=O)(=O)c1ccc(S(=O)(=O)Cl)c(F)c1. The smallest absolute Gasteiger partial charge is 0.225 e. The summed E-state index contributed by atoms with van der Waals surface area (Å²) in [5.41, 5.74) is 0. The van der Waals surface area contributed by atoms with Gasteiger partial charge in [-0.15, -0.1) is 0 Å². The number of hydrogen-bond acceptors (Lipinski definition) is 4. The van der Waals surface area contributed by atoms with E-state index in [0.717, 1.165) is 12.1 Å². The van der Waals surface area contributed by atoms with E-state index in [1.54, 1.807) is 0 Å². The molecular formula is C6H5ClFNO4S2. The number of sulfonamides is 1. The first-order chi connectivity index (χ1) is 6.62. The van der Waals surface area contributed by atoms with Gasteiger partial charge in [-0.05, 0) is 18.2 Å². The lowest BCUT2D eigenvalue weighted by molar-refractivity contribution is 0.568. The maximum atomic E-state index is 13.1. The molecule has 0 saturated heterocycles. The van der Waals surface area contributed by atoms with E-state index in [9.17, 15) is 21.2 Å². The van der Waals surface area contributed by atoms with E-state index in [0.29, 0.717) is 6.07 Å². The molecule has 0 bridgehead atoms. The van der Waals surface area contributed by atoms with Crippen LogP contribution < -0.4 is 5.14 Å². The molecule has 5 nitrogen and oxygen atoms in total. The Morgan fingerprint density at radius 3 is 2.07 bits per heavy atom. The minimum atomic E-state index is -4.23. The van der Waals surface area contributed by atoms with Crippen LogP contribution >= 0.6 is 10.7 Å². The van der Waals surface area contributed by atoms with Gasteiger partial charge in [-0.25, -0.2) is 26.4 Å². The summed E-state index contributed by atoms with van der Waals surface area (Å²) in [6, 6.07) is 2.08. The van der Waals surface area contributed by atoms with E-state index in [1.807, 2.05) is 0 Å². The van der Waals surface area contributed by atoms with Crippen molar-refractivity contribution >= 4 is 29.8 Å². The summed E-state index contributed by atoms with van der Waals surface area (Å²) in [5, 5.41) is 4.71. The zero-order valence-electron chi connectivity index (χ0n) is 7.01. The van der Waals surface area contributed by atoms with Crippen LogP contribution in [0.3, 0.4) is 0 Å². The molecular weight excluding hydrogens is 269 g/mol. The van der Waals surface area contributed by atoms with Crippen LogP contribution in [0.15, 0.2) is 28.0 Å². The number of rotatable bonds is 2. The van der Waals surface area contributed by atoms with E-state index in [1.165, 1.54) is 0 Å². The highest BCUT2D eigenvalue weighted by molar-refractivity contribution is 8.13. The molecule has 0 aliphatic heterocycles. The molecule has 9 heteroatoms. The lowest BCUT2D eigenvalue weighted by Crippen LogP contribution is -2.12. The first-order valence-corrected chi connectivity index (χ1v) is 7.25. The molecule has 0 radical (unpaired) electrons. The first kappa shape index (κ1) is 12.4. The summed E-state index contributed by atoms with van der Waals surface area (Å²) in [6.07, 6.45) is 0. The maximum Gasteiger partial charge on any atom is 0.264 e. The van der Waals surface area contributed by atoms with Crippen LogP contribution in [0, 0.1) is 5.82 Å². The van der Waals surface area contributed by atoms with Crippen LogP contribution in [0.4, 0.5) is 4.39 Å². The zero-order valence-corrected chi connectivity index (χ0v) is 9.40. The Morgan fingerprint density at radius 2 is 1.73 bits per heavy atom. The van der Waals surface area contributed by atoms with E-state index in [4.69, 9.17) is 15.8 Å². The van der Waals surface area contributed by atoms with Crippen LogP contribution in [-0.2, 0) is 19.1 Å². The molecule has 0 amide bonds. The minimum Gasteiger partial charge on any atom is -0.225 e. The predicted molar refractivity (Wildman–Crippen MR) is 50.8 cm³/mol. The van der Waals surface area contributed by atoms with Gasteiger partial charge in [0.2, 0.25) is 10.0 Å². The Balaban J connectivity index is 3.47. The fraction of sp³-hybridized carbons (Fsp3) is 0. The van der Waals surface area contributed by atoms with Crippen molar-refractivity contribution in [1.82, 2.24) is 0 Å². The highest BCUT2D eigenvalue weighted by Crippen LogP contribution is 2.21.